The van der Waals surface area contributed by atoms with Crippen molar-refractivity contribution >= 4 is 17.0 Å². The van der Waals surface area contributed by atoms with E-state index in [4.69, 9.17) is 5.73 Å². The van der Waals surface area contributed by atoms with Crippen molar-refractivity contribution in [2.24, 2.45) is 0 Å². The first-order valence-electron chi connectivity index (χ1n) is 4.91. The van der Waals surface area contributed by atoms with Crippen LogP contribution in [0.2, 0.25) is 0 Å². The van der Waals surface area contributed by atoms with Gasteiger partial charge >= 0.3 is 6.18 Å². The second-order valence-electron chi connectivity index (χ2n) is 3.72. The lowest BCUT2D eigenvalue weighted by Gasteiger charge is -2.07. The molecule has 0 fully saturated rings. The van der Waals surface area contributed by atoms with Gasteiger partial charge in [0.15, 0.2) is 0 Å². The molecule has 2 aromatic rings. The standard InChI is InChI=1S/C12H10F3NS/c1-7-10(16)6-17-11(7)8-2-4-9(5-3-8)12(13,14)15/h2-6H,16H2,1H3. The molecule has 0 atom stereocenters. The van der Waals surface area contributed by atoms with Gasteiger partial charge in [0.2, 0.25) is 0 Å². The van der Waals surface area contributed by atoms with E-state index in [-0.39, 0.29) is 0 Å². The van der Waals surface area contributed by atoms with Crippen molar-refractivity contribution in [2.75, 3.05) is 5.73 Å². The highest BCUT2D eigenvalue weighted by Gasteiger charge is 2.30. The van der Waals surface area contributed by atoms with Crippen LogP contribution in [-0.4, -0.2) is 0 Å². The van der Waals surface area contributed by atoms with E-state index in [9.17, 15) is 13.2 Å². The number of alkyl halides is 3. The Morgan fingerprint density at radius 2 is 1.71 bits per heavy atom. The summed E-state index contributed by atoms with van der Waals surface area (Å²) in [6.45, 7) is 1.86. The molecule has 1 aromatic carbocycles. The normalized spacial score (nSPS) is 11.8. The molecule has 5 heteroatoms. The third kappa shape index (κ3) is 2.29. The summed E-state index contributed by atoms with van der Waals surface area (Å²) in [5, 5.41) is 1.79. The predicted octanol–water partition coefficient (Wildman–Crippen LogP) is 4.32. The number of nitrogens with two attached hydrogens (primary N) is 1. The minimum absolute atomic E-state index is 0.636. The summed E-state index contributed by atoms with van der Waals surface area (Å²) < 4.78 is 37.2. The second kappa shape index (κ2) is 4.07. The molecule has 0 saturated carbocycles. The van der Waals surface area contributed by atoms with E-state index in [2.05, 4.69) is 0 Å². The van der Waals surface area contributed by atoms with Crippen LogP contribution in [0.25, 0.3) is 10.4 Å². The molecule has 0 aliphatic heterocycles. The number of anilines is 1. The summed E-state index contributed by atoms with van der Waals surface area (Å²) in [5.74, 6) is 0. The fourth-order valence-corrected chi connectivity index (χ4v) is 2.51. The van der Waals surface area contributed by atoms with Gasteiger partial charge in [-0.2, -0.15) is 13.2 Å². The van der Waals surface area contributed by atoms with Crippen molar-refractivity contribution in [3.05, 3.63) is 40.8 Å². The molecule has 0 saturated heterocycles. The molecule has 0 unspecified atom stereocenters. The number of nitrogen functional groups attached to an aromatic ring is 1. The van der Waals surface area contributed by atoms with Crippen LogP contribution in [0.4, 0.5) is 18.9 Å². The van der Waals surface area contributed by atoms with E-state index in [0.29, 0.717) is 5.69 Å². The molecule has 0 bridgehead atoms. The van der Waals surface area contributed by atoms with Crippen LogP contribution in [0, 0.1) is 6.92 Å². The Kier molecular flexibility index (Phi) is 2.87. The Balaban J connectivity index is 2.40. The van der Waals surface area contributed by atoms with Crippen molar-refractivity contribution in [1.82, 2.24) is 0 Å². The summed E-state index contributed by atoms with van der Waals surface area (Å²) >= 11 is 1.44. The zero-order chi connectivity index (χ0) is 12.6. The minimum Gasteiger partial charge on any atom is -0.398 e. The molecule has 2 N–H and O–H groups in total. The molecule has 17 heavy (non-hydrogen) atoms. The summed E-state index contributed by atoms with van der Waals surface area (Å²) in [5.41, 5.74) is 7.42. The monoisotopic (exact) mass is 257 g/mol. The molecule has 1 heterocycles. The van der Waals surface area contributed by atoms with Crippen molar-refractivity contribution in [3.8, 4) is 10.4 Å². The third-order valence-electron chi connectivity index (χ3n) is 2.55. The molecule has 0 aliphatic carbocycles. The van der Waals surface area contributed by atoms with E-state index in [1.807, 2.05) is 6.92 Å². The topological polar surface area (TPSA) is 26.0 Å². The number of hydrogen-bond acceptors (Lipinski definition) is 2. The second-order valence-corrected chi connectivity index (χ2v) is 4.60. The van der Waals surface area contributed by atoms with E-state index < -0.39 is 11.7 Å². The van der Waals surface area contributed by atoms with Gasteiger partial charge in [-0.15, -0.1) is 11.3 Å². The molecule has 2 rings (SSSR count). The summed E-state index contributed by atoms with van der Waals surface area (Å²) in [6, 6.07) is 5.12. The van der Waals surface area contributed by atoms with Crippen LogP contribution < -0.4 is 5.73 Å². The molecular formula is C12H10F3NS. The Bertz CT molecular complexity index is 526. The lowest BCUT2D eigenvalue weighted by Crippen LogP contribution is -2.03. The maximum absolute atomic E-state index is 12.4. The fraction of sp³-hybridized carbons (Fsp3) is 0.167. The van der Waals surface area contributed by atoms with Crippen LogP contribution in [0.1, 0.15) is 11.1 Å². The van der Waals surface area contributed by atoms with E-state index in [1.54, 1.807) is 5.38 Å². The summed E-state index contributed by atoms with van der Waals surface area (Å²) in [6.07, 6.45) is -4.29. The minimum atomic E-state index is -4.29. The predicted molar refractivity (Wildman–Crippen MR) is 63.9 cm³/mol. The maximum atomic E-state index is 12.4. The van der Waals surface area contributed by atoms with Crippen LogP contribution in [0.15, 0.2) is 29.6 Å². The van der Waals surface area contributed by atoms with E-state index in [1.165, 1.54) is 23.5 Å². The van der Waals surface area contributed by atoms with Crippen molar-refractivity contribution < 1.29 is 13.2 Å². The number of rotatable bonds is 1. The van der Waals surface area contributed by atoms with Crippen LogP contribution in [-0.2, 0) is 6.18 Å². The Labute approximate surface area is 101 Å². The largest absolute Gasteiger partial charge is 0.416 e. The van der Waals surface area contributed by atoms with Crippen LogP contribution in [0.5, 0.6) is 0 Å². The first-order chi connectivity index (χ1) is 7.89. The number of benzene rings is 1. The molecule has 0 aliphatic rings. The van der Waals surface area contributed by atoms with Crippen molar-refractivity contribution in [2.45, 2.75) is 13.1 Å². The van der Waals surface area contributed by atoms with Gasteiger partial charge in [0.1, 0.15) is 0 Å². The first-order valence-corrected chi connectivity index (χ1v) is 5.79. The fourth-order valence-electron chi connectivity index (χ4n) is 1.53. The van der Waals surface area contributed by atoms with Crippen LogP contribution >= 0.6 is 11.3 Å². The highest BCUT2D eigenvalue weighted by Crippen LogP contribution is 2.35. The molecule has 0 spiro atoms. The maximum Gasteiger partial charge on any atom is 0.416 e. The van der Waals surface area contributed by atoms with E-state index in [0.717, 1.165) is 28.1 Å². The van der Waals surface area contributed by atoms with Crippen LogP contribution in [0.3, 0.4) is 0 Å². The quantitative estimate of drug-likeness (QED) is 0.808. The lowest BCUT2D eigenvalue weighted by atomic mass is 10.1. The average Bonchev–Trinajstić information content (AvgIpc) is 2.59. The number of thiophene rings is 1. The lowest BCUT2D eigenvalue weighted by molar-refractivity contribution is -0.137. The SMILES string of the molecule is Cc1c(N)csc1-c1ccc(C(F)(F)F)cc1. The van der Waals surface area contributed by atoms with Gasteiger partial charge in [-0.25, -0.2) is 0 Å². The Morgan fingerprint density at radius 3 is 2.12 bits per heavy atom. The third-order valence-corrected chi connectivity index (χ3v) is 3.70. The summed E-state index contributed by atoms with van der Waals surface area (Å²) in [4.78, 5) is 0.913. The van der Waals surface area contributed by atoms with Gasteiger partial charge in [0.25, 0.3) is 0 Å². The highest BCUT2D eigenvalue weighted by atomic mass is 32.1. The van der Waals surface area contributed by atoms with E-state index >= 15 is 0 Å². The number of hydrogen-bond donors (Lipinski definition) is 1. The first kappa shape index (κ1) is 12.0. The van der Waals surface area contributed by atoms with Gasteiger partial charge < -0.3 is 5.73 Å². The van der Waals surface area contributed by atoms with Gasteiger partial charge in [0.05, 0.1) is 5.56 Å². The Hall–Kier alpha value is -1.49. The molecule has 0 amide bonds. The van der Waals surface area contributed by atoms with Crippen molar-refractivity contribution in [3.63, 3.8) is 0 Å². The molecule has 0 radical (unpaired) electrons. The zero-order valence-corrected chi connectivity index (χ0v) is 9.82. The Morgan fingerprint density at radius 1 is 1.12 bits per heavy atom. The summed E-state index contributed by atoms with van der Waals surface area (Å²) in [7, 11) is 0. The van der Waals surface area contributed by atoms with Gasteiger partial charge in [-0.3, -0.25) is 0 Å². The van der Waals surface area contributed by atoms with Gasteiger partial charge in [-0.05, 0) is 30.2 Å². The zero-order valence-electron chi connectivity index (χ0n) is 9.01. The molecule has 1 aromatic heterocycles. The van der Waals surface area contributed by atoms with Gasteiger partial charge in [0, 0.05) is 15.9 Å². The highest BCUT2D eigenvalue weighted by molar-refractivity contribution is 7.14. The molecule has 90 valence electrons. The van der Waals surface area contributed by atoms with Gasteiger partial charge in [-0.1, -0.05) is 12.1 Å². The number of halogens is 3. The average molecular weight is 257 g/mol. The van der Waals surface area contributed by atoms with Crippen molar-refractivity contribution in [1.29, 1.82) is 0 Å². The molecular weight excluding hydrogens is 247 g/mol. The smallest absolute Gasteiger partial charge is 0.398 e. The molecule has 1 nitrogen and oxygen atoms in total.